The molecule has 1 saturated heterocycles. The molecule has 1 aromatic rings. The average molecular weight is 358 g/mol. The molecule has 1 unspecified atom stereocenters. The molecule has 0 aromatic heterocycles. The van der Waals surface area contributed by atoms with E-state index in [0.717, 1.165) is 11.8 Å². The van der Waals surface area contributed by atoms with E-state index in [1.807, 2.05) is 26.8 Å². The highest BCUT2D eigenvalue weighted by Gasteiger charge is 2.42. The van der Waals surface area contributed by atoms with Gasteiger partial charge in [0, 0.05) is 24.9 Å². The van der Waals surface area contributed by atoms with Gasteiger partial charge in [-0.05, 0) is 44.9 Å². The zero-order valence-electron chi connectivity index (χ0n) is 13.6. The maximum Gasteiger partial charge on any atom is 0.410 e. The molecule has 1 amide bonds. The molecular formula is C17H21Cl2NO3. The van der Waals surface area contributed by atoms with Gasteiger partial charge in [0.15, 0.2) is 0 Å². The van der Waals surface area contributed by atoms with Crippen molar-refractivity contribution < 1.29 is 14.3 Å². The smallest absolute Gasteiger partial charge is 0.410 e. The fraction of sp³-hybridized carbons (Fsp3) is 0.529. The zero-order chi connectivity index (χ0) is 17.3. The predicted molar refractivity (Wildman–Crippen MR) is 91.2 cm³/mol. The highest BCUT2D eigenvalue weighted by Crippen LogP contribution is 2.39. The van der Waals surface area contributed by atoms with Crippen LogP contribution in [0, 0.1) is 0 Å². The van der Waals surface area contributed by atoms with Crippen LogP contribution in [0.2, 0.25) is 10.0 Å². The summed E-state index contributed by atoms with van der Waals surface area (Å²) >= 11 is 12.1. The molecule has 0 N–H and O–H groups in total. The van der Waals surface area contributed by atoms with E-state index >= 15 is 0 Å². The van der Waals surface area contributed by atoms with E-state index in [-0.39, 0.29) is 6.09 Å². The molecule has 0 spiro atoms. The van der Waals surface area contributed by atoms with Crippen LogP contribution in [0.5, 0.6) is 0 Å². The molecule has 23 heavy (non-hydrogen) atoms. The number of nitrogens with zero attached hydrogens (tertiary/aromatic N) is 1. The second-order valence-corrected chi connectivity index (χ2v) is 7.75. The number of carbonyl (C=O) groups is 2. The van der Waals surface area contributed by atoms with Crippen LogP contribution in [-0.2, 0) is 14.9 Å². The van der Waals surface area contributed by atoms with Gasteiger partial charge < -0.3 is 14.4 Å². The van der Waals surface area contributed by atoms with E-state index in [1.54, 1.807) is 17.0 Å². The van der Waals surface area contributed by atoms with E-state index in [9.17, 15) is 9.59 Å². The monoisotopic (exact) mass is 357 g/mol. The summed E-state index contributed by atoms with van der Waals surface area (Å²) in [6.45, 7) is 6.47. The van der Waals surface area contributed by atoms with E-state index in [4.69, 9.17) is 27.9 Å². The van der Waals surface area contributed by atoms with Gasteiger partial charge in [-0.1, -0.05) is 29.3 Å². The normalized spacial score (nSPS) is 21.3. The quantitative estimate of drug-likeness (QED) is 0.750. The van der Waals surface area contributed by atoms with Crippen molar-refractivity contribution >= 4 is 35.6 Å². The Labute approximate surface area is 146 Å². The summed E-state index contributed by atoms with van der Waals surface area (Å²) < 4.78 is 5.42. The molecule has 1 aromatic carbocycles. The van der Waals surface area contributed by atoms with Crippen molar-refractivity contribution in [2.24, 2.45) is 0 Å². The van der Waals surface area contributed by atoms with Gasteiger partial charge in [0.05, 0.1) is 10.0 Å². The van der Waals surface area contributed by atoms with Gasteiger partial charge in [-0.25, -0.2) is 4.79 Å². The van der Waals surface area contributed by atoms with Gasteiger partial charge in [0.1, 0.15) is 11.9 Å². The Balaban J connectivity index is 2.24. The van der Waals surface area contributed by atoms with Crippen LogP contribution in [0.1, 0.15) is 39.2 Å². The minimum atomic E-state index is -0.545. The first-order chi connectivity index (χ1) is 10.7. The van der Waals surface area contributed by atoms with Crippen LogP contribution >= 0.6 is 23.2 Å². The van der Waals surface area contributed by atoms with Crippen molar-refractivity contribution in [2.45, 2.75) is 44.6 Å². The number of hydrogen-bond acceptors (Lipinski definition) is 3. The molecule has 0 radical (unpaired) electrons. The van der Waals surface area contributed by atoms with E-state index in [0.29, 0.717) is 36.0 Å². The van der Waals surface area contributed by atoms with Crippen LogP contribution in [0.4, 0.5) is 4.79 Å². The zero-order valence-corrected chi connectivity index (χ0v) is 15.1. The SMILES string of the molecule is CC(C)(C)OC(=O)N1CCC(CC=O)(c2ccc(Cl)c(Cl)c2)C1. The number of halogens is 2. The molecule has 0 saturated carbocycles. The summed E-state index contributed by atoms with van der Waals surface area (Å²) in [4.78, 5) is 25.1. The van der Waals surface area contributed by atoms with Gasteiger partial charge in [-0.3, -0.25) is 0 Å². The number of carbonyl (C=O) groups excluding carboxylic acids is 2. The predicted octanol–water partition coefficient (Wildman–Crippen LogP) is 4.46. The van der Waals surface area contributed by atoms with Crippen molar-refractivity contribution in [1.29, 1.82) is 0 Å². The van der Waals surface area contributed by atoms with Crippen LogP contribution < -0.4 is 0 Å². The number of amides is 1. The first-order valence-corrected chi connectivity index (χ1v) is 8.29. The third-order valence-electron chi connectivity index (χ3n) is 4.01. The number of rotatable bonds is 3. The number of benzene rings is 1. The standard InChI is InChI=1S/C17H21Cl2NO3/c1-16(2,3)23-15(22)20-8-6-17(11-20,7-9-21)12-4-5-13(18)14(19)10-12/h4-5,9-10H,6-8,11H2,1-3H3. The lowest BCUT2D eigenvalue weighted by molar-refractivity contribution is -0.108. The third kappa shape index (κ3) is 4.18. The molecule has 1 aliphatic rings. The second-order valence-electron chi connectivity index (χ2n) is 6.93. The van der Waals surface area contributed by atoms with Gasteiger partial charge in [0.2, 0.25) is 0 Å². The van der Waals surface area contributed by atoms with Crippen molar-refractivity contribution in [3.63, 3.8) is 0 Å². The molecule has 1 heterocycles. The summed E-state index contributed by atoms with van der Waals surface area (Å²) in [7, 11) is 0. The number of aldehydes is 1. The minimum Gasteiger partial charge on any atom is -0.444 e. The fourth-order valence-corrected chi connectivity index (χ4v) is 3.16. The molecule has 1 atom stereocenters. The Morgan fingerprint density at radius 1 is 1.35 bits per heavy atom. The molecule has 2 rings (SSSR count). The maximum atomic E-state index is 12.3. The molecular weight excluding hydrogens is 337 g/mol. The lowest BCUT2D eigenvalue weighted by Gasteiger charge is -2.29. The van der Waals surface area contributed by atoms with E-state index < -0.39 is 11.0 Å². The molecule has 1 aliphatic heterocycles. The summed E-state index contributed by atoms with van der Waals surface area (Å²) in [6, 6.07) is 5.38. The lowest BCUT2D eigenvalue weighted by Crippen LogP contribution is -2.38. The molecule has 0 aliphatic carbocycles. The van der Waals surface area contributed by atoms with Crippen LogP contribution in [0.3, 0.4) is 0 Å². The van der Waals surface area contributed by atoms with Crippen molar-refractivity contribution in [1.82, 2.24) is 4.90 Å². The molecule has 6 heteroatoms. The number of likely N-dealkylation sites (tertiary alicyclic amines) is 1. The summed E-state index contributed by atoms with van der Waals surface area (Å²) in [5, 5.41) is 0.920. The molecule has 1 fully saturated rings. The van der Waals surface area contributed by atoms with Gasteiger partial charge in [0.25, 0.3) is 0 Å². The molecule has 0 bridgehead atoms. The van der Waals surface area contributed by atoms with E-state index in [2.05, 4.69) is 0 Å². The average Bonchev–Trinajstić information content (AvgIpc) is 2.86. The van der Waals surface area contributed by atoms with E-state index in [1.165, 1.54) is 0 Å². The Morgan fingerprint density at radius 2 is 2.04 bits per heavy atom. The van der Waals surface area contributed by atoms with Crippen LogP contribution in [0.25, 0.3) is 0 Å². The summed E-state index contributed by atoms with van der Waals surface area (Å²) in [6.07, 6.45) is 1.54. The van der Waals surface area contributed by atoms with Gasteiger partial charge >= 0.3 is 6.09 Å². The summed E-state index contributed by atoms with van der Waals surface area (Å²) in [5.74, 6) is 0. The largest absolute Gasteiger partial charge is 0.444 e. The van der Waals surface area contributed by atoms with Gasteiger partial charge in [-0.15, -0.1) is 0 Å². The topological polar surface area (TPSA) is 46.6 Å². The highest BCUT2D eigenvalue weighted by atomic mass is 35.5. The second kappa shape index (κ2) is 6.70. The number of hydrogen-bond donors (Lipinski definition) is 0. The Morgan fingerprint density at radius 3 is 2.61 bits per heavy atom. The first kappa shape index (κ1) is 18.1. The Bertz CT molecular complexity index is 612. The fourth-order valence-electron chi connectivity index (χ4n) is 2.86. The summed E-state index contributed by atoms with van der Waals surface area (Å²) in [5.41, 5.74) is -0.0613. The van der Waals surface area contributed by atoms with Crippen LogP contribution in [0.15, 0.2) is 18.2 Å². The third-order valence-corrected chi connectivity index (χ3v) is 4.75. The van der Waals surface area contributed by atoms with Gasteiger partial charge in [-0.2, -0.15) is 0 Å². The van der Waals surface area contributed by atoms with Crippen molar-refractivity contribution in [3.05, 3.63) is 33.8 Å². The van der Waals surface area contributed by atoms with Crippen LogP contribution in [-0.4, -0.2) is 36.0 Å². The lowest BCUT2D eigenvalue weighted by atomic mass is 9.77. The van der Waals surface area contributed by atoms with Crippen molar-refractivity contribution in [3.8, 4) is 0 Å². The minimum absolute atomic E-state index is 0.324. The maximum absolute atomic E-state index is 12.3. The molecule has 4 nitrogen and oxygen atoms in total. The number of ether oxygens (including phenoxy) is 1. The Hall–Kier alpha value is -1.26. The molecule has 126 valence electrons. The van der Waals surface area contributed by atoms with Crippen molar-refractivity contribution in [2.75, 3.05) is 13.1 Å². The first-order valence-electron chi connectivity index (χ1n) is 7.54. The highest BCUT2D eigenvalue weighted by molar-refractivity contribution is 6.42. The Kier molecular flexibility index (Phi) is 5.27.